The Balaban J connectivity index is 3.20. The third-order valence-corrected chi connectivity index (χ3v) is 1.94. The van der Waals surface area contributed by atoms with E-state index in [-0.39, 0.29) is 0 Å². The average Bonchev–Trinajstić information content (AvgIpc) is 2.09. The molecule has 0 aliphatic rings. The van der Waals surface area contributed by atoms with Gasteiger partial charge in [-0.3, -0.25) is 0 Å². The van der Waals surface area contributed by atoms with Crippen molar-refractivity contribution in [2.45, 2.75) is 20.3 Å². The maximum Gasteiger partial charge on any atom is 0.508 e. The zero-order valence-corrected chi connectivity index (χ0v) is 9.36. The molecule has 0 atom stereocenters. The quantitative estimate of drug-likeness (QED) is 0.494. The molecule has 0 spiro atoms. The topological polar surface area (TPSA) is 35.5 Å². The fraction of sp³-hybridized carbons (Fsp3) is 0.889. The van der Waals surface area contributed by atoms with Crippen LogP contribution in [-0.4, -0.2) is 31.4 Å². The molecule has 0 aliphatic carbocycles. The molecule has 0 radical (unpaired) electrons. The number of ether oxygens (including phenoxy) is 2. The van der Waals surface area contributed by atoms with E-state index in [4.69, 9.17) is 9.47 Å². The standard InChI is InChI=1S/C9H18O3S/c1-8(2)7-12-9(10)11-5-4-6-13-3/h8H,4-7H2,1-3H3. The van der Waals surface area contributed by atoms with Gasteiger partial charge in [-0.1, -0.05) is 13.8 Å². The number of hydrogen-bond donors (Lipinski definition) is 0. The molecular formula is C9H18O3S. The molecule has 0 aromatic heterocycles. The Morgan fingerprint density at radius 1 is 1.38 bits per heavy atom. The Hall–Kier alpha value is -0.380. The summed E-state index contributed by atoms with van der Waals surface area (Å²) in [7, 11) is 0. The van der Waals surface area contributed by atoms with Crippen LogP contribution in [-0.2, 0) is 9.47 Å². The summed E-state index contributed by atoms with van der Waals surface area (Å²) in [6.45, 7) is 4.86. The van der Waals surface area contributed by atoms with Crippen LogP contribution in [0.5, 0.6) is 0 Å². The molecule has 0 aromatic rings. The Bertz CT molecular complexity index is 137. The first-order valence-electron chi connectivity index (χ1n) is 4.45. The van der Waals surface area contributed by atoms with E-state index in [0.29, 0.717) is 19.1 Å². The van der Waals surface area contributed by atoms with Gasteiger partial charge < -0.3 is 9.47 Å². The molecule has 0 bridgehead atoms. The lowest BCUT2D eigenvalue weighted by atomic mass is 10.2. The number of carbonyl (C=O) groups excluding carboxylic acids is 1. The minimum Gasteiger partial charge on any atom is -0.434 e. The number of thioether (sulfide) groups is 1. The Morgan fingerprint density at radius 2 is 2.08 bits per heavy atom. The van der Waals surface area contributed by atoms with Crippen LogP contribution in [0.1, 0.15) is 20.3 Å². The molecule has 0 aromatic carbocycles. The summed E-state index contributed by atoms with van der Waals surface area (Å²) >= 11 is 1.74. The zero-order chi connectivity index (χ0) is 10.1. The van der Waals surface area contributed by atoms with E-state index in [9.17, 15) is 4.79 Å². The molecule has 13 heavy (non-hydrogen) atoms. The second kappa shape index (κ2) is 8.23. The number of hydrogen-bond acceptors (Lipinski definition) is 4. The largest absolute Gasteiger partial charge is 0.508 e. The fourth-order valence-electron chi connectivity index (χ4n) is 0.635. The molecule has 0 rings (SSSR count). The lowest BCUT2D eigenvalue weighted by Gasteiger charge is -2.07. The van der Waals surface area contributed by atoms with Crippen molar-refractivity contribution in [2.75, 3.05) is 25.2 Å². The Morgan fingerprint density at radius 3 is 2.62 bits per heavy atom. The number of carbonyl (C=O) groups is 1. The van der Waals surface area contributed by atoms with E-state index < -0.39 is 6.16 Å². The highest BCUT2D eigenvalue weighted by Crippen LogP contribution is 1.98. The lowest BCUT2D eigenvalue weighted by Crippen LogP contribution is -2.12. The van der Waals surface area contributed by atoms with Crippen molar-refractivity contribution in [1.82, 2.24) is 0 Å². The minimum atomic E-state index is -0.546. The third-order valence-electron chi connectivity index (χ3n) is 1.25. The summed E-state index contributed by atoms with van der Waals surface area (Å²) in [5, 5.41) is 0. The summed E-state index contributed by atoms with van der Waals surface area (Å²) in [5.74, 6) is 1.37. The molecular weight excluding hydrogens is 188 g/mol. The molecule has 0 aliphatic heterocycles. The smallest absolute Gasteiger partial charge is 0.434 e. The third kappa shape index (κ3) is 9.53. The van der Waals surface area contributed by atoms with Crippen molar-refractivity contribution < 1.29 is 14.3 Å². The average molecular weight is 206 g/mol. The van der Waals surface area contributed by atoms with Crippen LogP contribution in [0.3, 0.4) is 0 Å². The fourth-order valence-corrected chi connectivity index (χ4v) is 1.04. The normalized spacial score (nSPS) is 10.2. The molecule has 0 saturated heterocycles. The summed E-state index contributed by atoms with van der Waals surface area (Å²) in [6.07, 6.45) is 2.37. The van der Waals surface area contributed by atoms with Gasteiger partial charge in [-0.25, -0.2) is 4.79 Å². The maximum absolute atomic E-state index is 10.9. The summed E-state index contributed by atoms with van der Waals surface area (Å²) < 4.78 is 9.64. The van der Waals surface area contributed by atoms with Gasteiger partial charge in [0.25, 0.3) is 0 Å². The van der Waals surface area contributed by atoms with Gasteiger partial charge in [-0.15, -0.1) is 0 Å². The number of rotatable bonds is 6. The van der Waals surface area contributed by atoms with Crippen molar-refractivity contribution in [3.8, 4) is 0 Å². The van der Waals surface area contributed by atoms with Gasteiger partial charge >= 0.3 is 6.16 Å². The van der Waals surface area contributed by atoms with Crippen LogP contribution < -0.4 is 0 Å². The first kappa shape index (κ1) is 12.6. The molecule has 0 amide bonds. The highest BCUT2D eigenvalue weighted by atomic mass is 32.2. The molecule has 0 saturated carbocycles. The highest BCUT2D eigenvalue weighted by Gasteiger charge is 2.04. The van der Waals surface area contributed by atoms with Crippen molar-refractivity contribution in [1.29, 1.82) is 0 Å². The predicted molar refractivity (Wildman–Crippen MR) is 55.1 cm³/mol. The van der Waals surface area contributed by atoms with Crippen molar-refractivity contribution in [2.24, 2.45) is 5.92 Å². The van der Waals surface area contributed by atoms with Crippen LogP contribution in [0.2, 0.25) is 0 Å². The SMILES string of the molecule is CSCCCOC(=O)OCC(C)C. The van der Waals surface area contributed by atoms with Crippen LogP contribution in [0, 0.1) is 5.92 Å². The monoisotopic (exact) mass is 206 g/mol. The van der Waals surface area contributed by atoms with E-state index in [2.05, 4.69) is 0 Å². The first-order valence-corrected chi connectivity index (χ1v) is 5.84. The minimum absolute atomic E-state index is 0.360. The van der Waals surface area contributed by atoms with Crippen LogP contribution in [0.4, 0.5) is 4.79 Å². The van der Waals surface area contributed by atoms with E-state index in [1.165, 1.54) is 0 Å². The molecule has 78 valence electrons. The molecule has 0 heterocycles. The Labute approximate surface area is 84.2 Å². The van der Waals surface area contributed by atoms with Crippen molar-refractivity contribution in [3.63, 3.8) is 0 Å². The first-order chi connectivity index (χ1) is 6.16. The van der Waals surface area contributed by atoms with Gasteiger partial charge in [0, 0.05) is 0 Å². The molecule has 0 fully saturated rings. The van der Waals surface area contributed by atoms with Crippen LogP contribution in [0.25, 0.3) is 0 Å². The maximum atomic E-state index is 10.9. The molecule has 0 N–H and O–H groups in total. The van der Waals surface area contributed by atoms with Gasteiger partial charge in [0.05, 0.1) is 13.2 Å². The van der Waals surface area contributed by atoms with Crippen LogP contribution in [0.15, 0.2) is 0 Å². The summed E-state index contributed by atoms with van der Waals surface area (Å²) in [5.41, 5.74) is 0. The van der Waals surface area contributed by atoms with Gasteiger partial charge in [0.15, 0.2) is 0 Å². The van der Waals surface area contributed by atoms with Crippen molar-refractivity contribution >= 4 is 17.9 Å². The Kier molecular flexibility index (Phi) is 7.99. The summed E-state index contributed by atoms with van der Waals surface area (Å²) in [4.78, 5) is 10.9. The zero-order valence-electron chi connectivity index (χ0n) is 8.54. The highest BCUT2D eigenvalue weighted by molar-refractivity contribution is 7.98. The lowest BCUT2D eigenvalue weighted by molar-refractivity contribution is 0.0479. The molecule has 3 nitrogen and oxygen atoms in total. The van der Waals surface area contributed by atoms with E-state index in [0.717, 1.165) is 12.2 Å². The van der Waals surface area contributed by atoms with E-state index in [1.54, 1.807) is 11.8 Å². The van der Waals surface area contributed by atoms with Crippen molar-refractivity contribution in [3.05, 3.63) is 0 Å². The summed E-state index contributed by atoms with van der Waals surface area (Å²) in [6, 6.07) is 0. The van der Waals surface area contributed by atoms with E-state index >= 15 is 0 Å². The predicted octanol–water partition coefficient (Wildman–Crippen LogP) is 2.55. The second-order valence-electron chi connectivity index (χ2n) is 3.15. The molecule has 0 unspecified atom stereocenters. The van der Waals surface area contributed by atoms with Gasteiger partial charge in [0.2, 0.25) is 0 Å². The second-order valence-corrected chi connectivity index (χ2v) is 4.14. The molecule has 4 heteroatoms. The van der Waals surface area contributed by atoms with Crippen LogP contribution >= 0.6 is 11.8 Å². The van der Waals surface area contributed by atoms with Gasteiger partial charge in [-0.05, 0) is 24.3 Å². The van der Waals surface area contributed by atoms with Gasteiger partial charge in [-0.2, -0.15) is 11.8 Å². The van der Waals surface area contributed by atoms with E-state index in [1.807, 2.05) is 20.1 Å². The van der Waals surface area contributed by atoms with Gasteiger partial charge in [0.1, 0.15) is 0 Å².